The van der Waals surface area contributed by atoms with Crippen LogP contribution in [0.15, 0.2) is 30.6 Å². The minimum absolute atomic E-state index is 0.324. The van der Waals surface area contributed by atoms with Crippen molar-refractivity contribution in [1.82, 2.24) is 9.78 Å². The summed E-state index contributed by atoms with van der Waals surface area (Å²) in [4.78, 5) is 0. The van der Waals surface area contributed by atoms with E-state index in [0.29, 0.717) is 23.6 Å². The number of aliphatic hydroxyl groups is 1. The molecule has 0 radical (unpaired) electrons. The summed E-state index contributed by atoms with van der Waals surface area (Å²) in [6.07, 6.45) is 3.48. The molecule has 0 fully saturated rings. The van der Waals surface area contributed by atoms with Gasteiger partial charge in [-0.2, -0.15) is 5.10 Å². The Hall–Kier alpha value is -1.39. The molecule has 1 aromatic heterocycles. The van der Waals surface area contributed by atoms with Gasteiger partial charge in [0.15, 0.2) is 0 Å². The van der Waals surface area contributed by atoms with E-state index in [-0.39, 0.29) is 5.82 Å². The normalized spacial score (nSPS) is 12.7. The fraction of sp³-hybridized carbons (Fsp3) is 0.308. The lowest BCUT2D eigenvalue weighted by Gasteiger charge is -2.05. The van der Waals surface area contributed by atoms with Crippen molar-refractivity contribution < 1.29 is 9.50 Å². The third-order valence-electron chi connectivity index (χ3n) is 2.76. The Morgan fingerprint density at radius 3 is 3.00 bits per heavy atom. The van der Waals surface area contributed by atoms with Crippen LogP contribution in [-0.4, -0.2) is 14.9 Å². The van der Waals surface area contributed by atoms with Crippen molar-refractivity contribution in [3.8, 4) is 0 Å². The molecule has 0 saturated heterocycles. The lowest BCUT2D eigenvalue weighted by atomic mass is 10.1. The Morgan fingerprint density at radius 2 is 2.28 bits per heavy atom. The number of rotatable bonds is 4. The Labute approximate surface area is 110 Å². The largest absolute Gasteiger partial charge is 0.388 e. The fourth-order valence-electron chi connectivity index (χ4n) is 1.71. The number of benzene rings is 1. The Morgan fingerprint density at radius 1 is 1.50 bits per heavy atom. The molecule has 1 atom stereocenters. The molecular weight excluding hydrogens is 255 g/mol. The fourth-order valence-corrected chi connectivity index (χ4v) is 1.89. The van der Waals surface area contributed by atoms with Crippen molar-refractivity contribution >= 4 is 11.6 Å². The van der Waals surface area contributed by atoms with Crippen molar-refractivity contribution in [3.05, 3.63) is 52.6 Å². The van der Waals surface area contributed by atoms with E-state index in [1.54, 1.807) is 17.1 Å². The summed E-state index contributed by atoms with van der Waals surface area (Å²) >= 11 is 5.99. The highest BCUT2D eigenvalue weighted by molar-refractivity contribution is 6.31. The van der Waals surface area contributed by atoms with E-state index < -0.39 is 6.10 Å². The number of aliphatic hydroxyl groups excluding tert-OH is 1. The summed E-state index contributed by atoms with van der Waals surface area (Å²) in [6, 6.07) is 4.23. The molecule has 0 spiro atoms. The lowest BCUT2D eigenvalue weighted by Crippen LogP contribution is -2.01. The number of nitrogens with zero attached hydrogens (tertiary/aromatic N) is 2. The van der Waals surface area contributed by atoms with E-state index in [9.17, 15) is 9.50 Å². The lowest BCUT2D eigenvalue weighted by molar-refractivity contribution is 0.173. The van der Waals surface area contributed by atoms with Gasteiger partial charge in [-0.15, -0.1) is 0 Å². The van der Waals surface area contributed by atoms with E-state index in [1.165, 1.54) is 18.2 Å². The molecule has 2 aromatic rings. The van der Waals surface area contributed by atoms with E-state index in [2.05, 4.69) is 5.10 Å². The molecule has 3 nitrogen and oxygen atoms in total. The molecule has 0 aliphatic heterocycles. The van der Waals surface area contributed by atoms with Crippen molar-refractivity contribution in [2.75, 3.05) is 0 Å². The van der Waals surface area contributed by atoms with Gasteiger partial charge in [-0.3, -0.25) is 4.68 Å². The predicted molar refractivity (Wildman–Crippen MR) is 68.0 cm³/mol. The van der Waals surface area contributed by atoms with E-state index in [1.807, 2.05) is 6.92 Å². The highest BCUT2D eigenvalue weighted by Crippen LogP contribution is 2.19. The van der Waals surface area contributed by atoms with Gasteiger partial charge in [0.25, 0.3) is 0 Å². The zero-order valence-electron chi connectivity index (χ0n) is 9.98. The molecule has 0 aliphatic carbocycles. The van der Waals surface area contributed by atoms with Crippen molar-refractivity contribution in [2.45, 2.75) is 26.0 Å². The van der Waals surface area contributed by atoms with Gasteiger partial charge in [0, 0.05) is 16.8 Å². The first-order chi connectivity index (χ1) is 8.60. The van der Waals surface area contributed by atoms with E-state index in [4.69, 9.17) is 11.6 Å². The topological polar surface area (TPSA) is 38.1 Å². The highest BCUT2D eigenvalue weighted by atomic mass is 35.5. The average Bonchev–Trinajstić information content (AvgIpc) is 2.81. The maximum absolute atomic E-state index is 13.1. The van der Waals surface area contributed by atoms with Crippen LogP contribution in [-0.2, 0) is 6.54 Å². The van der Waals surface area contributed by atoms with Gasteiger partial charge >= 0.3 is 0 Å². The third-order valence-corrected chi connectivity index (χ3v) is 3.13. The first kappa shape index (κ1) is 13.1. The molecule has 0 bridgehead atoms. The molecular formula is C13H14ClFN2O. The molecule has 1 N–H and O–H groups in total. The highest BCUT2D eigenvalue weighted by Gasteiger charge is 2.09. The van der Waals surface area contributed by atoms with Crippen molar-refractivity contribution in [2.24, 2.45) is 0 Å². The molecule has 5 heteroatoms. The zero-order valence-corrected chi connectivity index (χ0v) is 10.7. The van der Waals surface area contributed by atoms with Gasteiger partial charge in [-0.1, -0.05) is 18.5 Å². The van der Waals surface area contributed by atoms with Gasteiger partial charge < -0.3 is 5.11 Å². The number of aromatic nitrogens is 2. The van der Waals surface area contributed by atoms with E-state index in [0.717, 1.165) is 5.56 Å². The summed E-state index contributed by atoms with van der Waals surface area (Å²) in [5.41, 5.74) is 1.42. The maximum Gasteiger partial charge on any atom is 0.123 e. The second-order valence-electron chi connectivity index (χ2n) is 4.13. The van der Waals surface area contributed by atoms with Crippen LogP contribution in [0.5, 0.6) is 0 Å². The smallest absolute Gasteiger partial charge is 0.123 e. The second-order valence-corrected chi connectivity index (χ2v) is 4.54. The first-order valence-corrected chi connectivity index (χ1v) is 6.12. The van der Waals surface area contributed by atoms with E-state index >= 15 is 0 Å². The molecule has 18 heavy (non-hydrogen) atoms. The zero-order chi connectivity index (χ0) is 13.1. The van der Waals surface area contributed by atoms with Crippen molar-refractivity contribution in [1.29, 1.82) is 0 Å². The summed E-state index contributed by atoms with van der Waals surface area (Å²) in [6.45, 7) is 2.28. The Balaban J connectivity index is 2.18. The number of hydrogen-bond acceptors (Lipinski definition) is 2. The molecule has 1 heterocycles. The first-order valence-electron chi connectivity index (χ1n) is 5.74. The Kier molecular flexibility index (Phi) is 3.99. The summed E-state index contributed by atoms with van der Waals surface area (Å²) < 4.78 is 14.7. The maximum atomic E-state index is 13.1. The molecule has 96 valence electrons. The average molecular weight is 269 g/mol. The van der Waals surface area contributed by atoms with Crippen LogP contribution in [0.1, 0.15) is 30.6 Å². The minimum Gasteiger partial charge on any atom is -0.388 e. The molecule has 0 aliphatic rings. The molecule has 1 aromatic carbocycles. The van der Waals surface area contributed by atoms with Gasteiger partial charge in [0.2, 0.25) is 0 Å². The van der Waals surface area contributed by atoms with Gasteiger partial charge in [0.1, 0.15) is 5.82 Å². The van der Waals surface area contributed by atoms with Crippen LogP contribution in [0.4, 0.5) is 4.39 Å². The second kappa shape index (κ2) is 5.50. The molecule has 0 amide bonds. The predicted octanol–water partition coefficient (Wildman–Crippen LogP) is 3.17. The standard InChI is InChI=1S/C13H14ClFN2O/c1-2-13(18)10-6-16-17(8-10)7-9-5-11(15)3-4-12(9)14/h3-6,8,13,18H,2,7H2,1H3. The van der Waals surface area contributed by atoms with Crippen LogP contribution < -0.4 is 0 Å². The Bertz CT molecular complexity index is 542. The molecule has 0 saturated carbocycles. The van der Waals surface area contributed by atoms with Gasteiger partial charge in [0.05, 0.1) is 18.8 Å². The molecule has 1 unspecified atom stereocenters. The summed E-state index contributed by atoms with van der Waals surface area (Å²) in [5.74, 6) is -0.324. The van der Waals surface area contributed by atoms with Gasteiger partial charge in [-0.05, 0) is 30.2 Å². The van der Waals surface area contributed by atoms with Crippen LogP contribution in [0, 0.1) is 5.82 Å². The van der Waals surface area contributed by atoms with Crippen LogP contribution in [0.2, 0.25) is 5.02 Å². The molecule has 2 rings (SSSR count). The number of halogens is 2. The van der Waals surface area contributed by atoms with Crippen LogP contribution >= 0.6 is 11.6 Å². The monoisotopic (exact) mass is 268 g/mol. The minimum atomic E-state index is -0.512. The summed E-state index contributed by atoms with van der Waals surface area (Å²) in [7, 11) is 0. The third kappa shape index (κ3) is 2.89. The number of hydrogen-bond donors (Lipinski definition) is 1. The van der Waals surface area contributed by atoms with Crippen LogP contribution in [0.25, 0.3) is 0 Å². The van der Waals surface area contributed by atoms with Gasteiger partial charge in [-0.25, -0.2) is 4.39 Å². The SMILES string of the molecule is CCC(O)c1cnn(Cc2cc(F)ccc2Cl)c1. The van der Waals surface area contributed by atoms with Crippen LogP contribution in [0.3, 0.4) is 0 Å². The van der Waals surface area contributed by atoms with Crippen molar-refractivity contribution in [3.63, 3.8) is 0 Å². The quantitative estimate of drug-likeness (QED) is 0.925. The summed E-state index contributed by atoms with van der Waals surface area (Å²) in [5, 5.41) is 14.3.